The lowest BCUT2D eigenvalue weighted by molar-refractivity contribution is -0.125. The molecule has 2 bridgehead atoms. The first-order valence-corrected chi connectivity index (χ1v) is 6.68. The summed E-state index contributed by atoms with van der Waals surface area (Å²) in [6.45, 7) is 0. The third-order valence-electron chi connectivity index (χ3n) is 5.68. The minimum atomic E-state index is -0.103. The van der Waals surface area contributed by atoms with Gasteiger partial charge in [0.1, 0.15) is 0 Å². The zero-order chi connectivity index (χ0) is 11.3. The SMILES string of the molecule is NC(=O)[C@H]1CCC[C@]2(C1)[C@@H]1CC[C@@H](C1)[C@H]2N. The van der Waals surface area contributed by atoms with Crippen molar-refractivity contribution in [2.45, 2.75) is 51.0 Å². The fourth-order valence-corrected chi connectivity index (χ4v) is 4.86. The van der Waals surface area contributed by atoms with E-state index >= 15 is 0 Å². The monoisotopic (exact) mass is 222 g/mol. The highest BCUT2D eigenvalue weighted by atomic mass is 16.1. The fraction of sp³-hybridized carbons (Fsp3) is 0.923. The van der Waals surface area contributed by atoms with Gasteiger partial charge in [0.2, 0.25) is 5.91 Å². The van der Waals surface area contributed by atoms with Gasteiger partial charge >= 0.3 is 0 Å². The zero-order valence-electron chi connectivity index (χ0n) is 9.82. The fourth-order valence-electron chi connectivity index (χ4n) is 4.86. The summed E-state index contributed by atoms with van der Waals surface area (Å²) >= 11 is 0. The summed E-state index contributed by atoms with van der Waals surface area (Å²) in [6.07, 6.45) is 8.31. The molecule has 3 aliphatic rings. The maximum Gasteiger partial charge on any atom is 0.220 e. The zero-order valence-corrected chi connectivity index (χ0v) is 9.82. The molecule has 90 valence electrons. The molecule has 3 nitrogen and oxygen atoms in total. The van der Waals surface area contributed by atoms with Crippen molar-refractivity contribution in [1.82, 2.24) is 0 Å². The second-order valence-electron chi connectivity index (χ2n) is 6.22. The number of carbonyl (C=O) groups is 1. The van der Waals surface area contributed by atoms with E-state index in [1.54, 1.807) is 0 Å². The minimum Gasteiger partial charge on any atom is -0.369 e. The molecule has 4 N–H and O–H groups in total. The number of primary amides is 1. The molecule has 3 saturated carbocycles. The Hall–Kier alpha value is -0.570. The lowest BCUT2D eigenvalue weighted by atomic mass is 9.59. The first kappa shape index (κ1) is 10.6. The Morgan fingerprint density at radius 1 is 1.25 bits per heavy atom. The van der Waals surface area contributed by atoms with Crippen LogP contribution in [0.4, 0.5) is 0 Å². The van der Waals surface area contributed by atoms with Crippen LogP contribution in [0.25, 0.3) is 0 Å². The Kier molecular flexibility index (Phi) is 2.29. The first-order chi connectivity index (χ1) is 7.63. The van der Waals surface area contributed by atoms with Crippen LogP contribution in [0.15, 0.2) is 0 Å². The Morgan fingerprint density at radius 3 is 2.69 bits per heavy atom. The maximum atomic E-state index is 11.4. The third-order valence-corrected chi connectivity index (χ3v) is 5.68. The summed E-state index contributed by atoms with van der Waals surface area (Å²) < 4.78 is 0. The molecule has 5 atom stereocenters. The van der Waals surface area contributed by atoms with Gasteiger partial charge in [-0.15, -0.1) is 0 Å². The highest BCUT2D eigenvalue weighted by Gasteiger charge is 2.57. The number of amides is 1. The second kappa shape index (κ2) is 3.46. The van der Waals surface area contributed by atoms with E-state index in [-0.39, 0.29) is 17.2 Å². The highest BCUT2D eigenvalue weighted by Crippen LogP contribution is 2.61. The standard InChI is InChI=1S/C13H22N2O/c14-11-8-3-4-10(6-8)13(11)5-1-2-9(7-13)12(15)16/h8-11H,1-7,14H2,(H2,15,16)/t8-,9-,10+,11+,13-/m0/s1. The molecule has 3 aliphatic carbocycles. The van der Waals surface area contributed by atoms with E-state index < -0.39 is 0 Å². The Labute approximate surface area is 96.9 Å². The average Bonchev–Trinajstić information content (AvgIpc) is 2.84. The van der Waals surface area contributed by atoms with E-state index in [9.17, 15) is 4.79 Å². The lowest BCUT2D eigenvalue weighted by Gasteiger charge is -2.47. The quantitative estimate of drug-likeness (QED) is 0.704. The summed E-state index contributed by atoms with van der Waals surface area (Å²) in [5.41, 5.74) is 12.2. The molecule has 0 saturated heterocycles. The second-order valence-corrected chi connectivity index (χ2v) is 6.22. The molecule has 0 aromatic heterocycles. The van der Waals surface area contributed by atoms with Crippen LogP contribution in [0.5, 0.6) is 0 Å². The van der Waals surface area contributed by atoms with Gasteiger partial charge in [-0.25, -0.2) is 0 Å². The molecule has 1 amide bonds. The van der Waals surface area contributed by atoms with E-state index in [2.05, 4.69) is 0 Å². The van der Waals surface area contributed by atoms with Crippen molar-refractivity contribution in [2.75, 3.05) is 0 Å². The van der Waals surface area contributed by atoms with Crippen LogP contribution in [0.3, 0.4) is 0 Å². The highest BCUT2D eigenvalue weighted by molar-refractivity contribution is 5.76. The van der Waals surface area contributed by atoms with Crippen LogP contribution in [0, 0.1) is 23.2 Å². The normalized spacial score (nSPS) is 51.1. The molecule has 0 aromatic rings. The van der Waals surface area contributed by atoms with E-state index in [1.807, 2.05) is 0 Å². The minimum absolute atomic E-state index is 0.0964. The maximum absolute atomic E-state index is 11.4. The van der Waals surface area contributed by atoms with Gasteiger partial charge in [0, 0.05) is 12.0 Å². The molecule has 0 aliphatic heterocycles. The molecule has 0 aromatic carbocycles. The summed E-state index contributed by atoms with van der Waals surface area (Å²) in [6, 6.07) is 0.341. The van der Waals surface area contributed by atoms with Crippen molar-refractivity contribution in [3.63, 3.8) is 0 Å². The van der Waals surface area contributed by atoms with Crippen molar-refractivity contribution in [3.05, 3.63) is 0 Å². The predicted octanol–water partition coefficient (Wildman–Crippen LogP) is 1.41. The molecule has 0 unspecified atom stereocenters. The van der Waals surface area contributed by atoms with Gasteiger partial charge in [-0.3, -0.25) is 4.79 Å². The van der Waals surface area contributed by atoms with Crippen molar-refractivity contribution in [3.8, 4) is 0 Å². The van der Waals surface area contributed by atoms with Crippen molar-refractivity contribution in [2.24, 2.45) is 34.6 Å². The molecule has 1 spiro atoms. The number of hydrogen-bond acceptors (Lipinski definition) is 2. The van der Waals surface area contributed by atoms with E-state index in [1.165, 1.54) is 25.7 Å². The third kappa shape index (κ3) is 1.27. The molecule has 16 heavy (non-hydrogen) atoms. The Balaban J connectivity index is 1.85. The Morgan fingerprint density at radius 2 is 2.06 bits per heavy atom. The van der Waals surface area contributed by atoms with Crippen molar-refractivity contribution >= 4 is 5.91 Å². The van der Waals surface area contributed by atoms with Gasteiger partial charge < -0.3 is 11.5 Å². The lowest BCUT2D eigenvalue weighted by Crippen LogP contribution is -2.50. The number of fused-ring (bicyclic) bond motifs is 3. The van der Waals surface area contributed by atoms with Crippen LogP contribution in [-0.2, 0) is 4.79 Å². The summed E-state index contributed by atoms with van der Waals surface area (Å²) in [4.78, 5) is 11.4. The summed E-state index contributed by atoms with van der Waals surface area (Å²) in [5.74, 6) is 1.51. The van der Waals surface area contributed by atoms with E-state index in [0.29, 0.717) is 6.04 Å². The number of carbonyl (C=O) groups excluding carboxylic acids is 1. The van der Waals surface area contributed by atoms with Gasteiger partial charge in [-0.1, -0.05) is 6.42 Å². The molecular formula is C13H22N2O. The number of rotatable bonds is 1. The molecule has 3 rings (SSSR count). The van der Waals surface area contributed by atoms with Crippen LogP contribution in [0.2, 0.25) is 0 Å². The van der Waals surface area contributed by atoms with Gasteiger partial charge in [0.25, 0.3) is 0 Å². The molecule has 3 fully saturated rings. The van der Waals surface area contributed by atoms with Gasteiger partial charge in [0.05, 0.1) is 0 Å². The molecule has 0 heterocycles. The number of nitrogens with two attached hydrogens (primary N) is 2. The van der Waals surface area contributed by atoms with Crippen LogP contribution in [0.1, 0.15) is 44.9 Å². The first-order valence-electron chi connectivity index (χ1n) is 6.68. The topological polar surface area (TPSA) is 69.1 Å². The van der Waals surface area contributed by atoms with Crippen LogP contribution < -0.4 is 11.5 Å². The van der Waals surface area contributed by atoms with Crippen molar-refractivity contribution < 1.29 is 4.79 Å². The molecular weight excluding hydrogens is 200 g/mol. The molecule has 0 radical (unpaired) electrons. The Bertz CT molecular complexity index is 313. The molecule has 3 heteroatoms. The predicted molar refractivity (Wildman–Crippen MR) is 62.4 cm³/mol. The largest absolute Gasteiger partial charge is 0.369 e. The summed E-state index contributed by atoms with van der Waals surface area (Å²) in [5, 5.41) is 0. The van der Waals surface area contributed by atoms with Gasteiger partial charge in [-0.2, -0.15) is 0 Å². The van der Waals surface area contributed by atoms with Crippen molar-refractivity contribution in [1.29, 1.82) is 0 Å². The average molecular weight is 222 g/mol. The van der Waals surface area contributed by atoms with Gasteiger partial charge in [-0.05, 0) is 55.8 Å². The smallest absolute Gasteiger partial charge is 0.220 e. The number of hydrogen-bond donors (Lipinski definition) is 2. The van der Waals surface area contributed by atoms with Gasteiger partial charge in [0.15, 0.2) is 0 Å². The van der Waals surface area contributed by atoms with E-state index in [0.717, 1.165) is 31.1 Å². The summed E-state index contributed by atoms with van der Waals surface area (Å²) in [7, 11) is 0. The van der Waals surface area contributed by atoms with Crippen LogP contribution >= 0.6 is 0 Å². The van der Waals surface area contributed by atoms with Crippen LogP contribution in [-0.4, -0.2) is 11.9 Å². The van der Waals surface area contributed by atoms with E-state index in [4.69, 9.17) is 11.5 Å².